The van der Waals surface area contributed by atoms with Crippen LogP contribution in [0.1, 0.15) is 37.6 Å². The van der Waals surface area contributed by atoms with E-state index in [0.717, 1.165) is 29.1 Å². The lowest BCUT2D eigenvalue weighted by atomic mass is 10.2. The molecule has 2 aromatic rings. The van der Waals surface area contributed by atoms with Crippen LogP contribution in [0.3, 0.4) is 0 Å². The van der Waals surface area contributed by atoms with Crippen LogP contribution in [0.4, 0.5) is 0 Å². The lowest BCUT2D eigenvalue weighted by molar-refractivity contribution is 0.615. The van der Waals surface area contributed by atoms with Crippen molar-refractivity contribution in [3.63, 3.8) is 0 Å². The highest BCUT2D eigenvalue weighted by Gasteiger charge is 2.24. The number of aliphatic imine (C=N–C) groups is 1. The molecular weight excluding hydrogens is 318 g/mol. The third-order valence-electron chi connectivity index (χ3n) is 4.55. The van der Waals surface area contributed by atoms with Gasteiger partial charge < -0.3 is 15.0 Å². The van der Waals surface area contributed by atoms with Gasteiger partial charge in [-0.25, -0.2) is 9.98 Å². The monoisotopic (exact) mass is 345 g/mol. The number of hydrogen-bond donors (Lipinski definition) is 2. The van der Waals surface area contributed by atoms with Crippen molar-refractivity contribution in [2.24, 2.45) is 4.99 Å². The fourth-order valence-corrected chi connectivity index (χ4v) is 4.03. The number of imidazole rings is 1. The second-order valence-electron chi connectivity index (χ2n) is 6.33. The number of nitrogens with zero attached hydrogens (tertiary/aromatic N) is 3. The summed E-state index contributed by atoms with van der Waals surface area (Å²) in [5, 5.41) is 7.73. The molecule has 5 nitrogen and oxygen atoms in total. The first-order valence-corrected chi connectivity index (χ1v) is 9.99. The molecule has 0 amide bonds. The van der Waals surface area contributed by atoms with Gasteiger partial charge in [-0.05, 0) is 51.5 Å². The van der Waals surface area contributed by atoms with Crippen molar-refractivity contribution < 1.29 is 0 Å². The summed E-state index contributed by atoms with van der Waals surface area (Å²) < 4.78 is 2.12. The molecule has 1 fully saturated rings. The number of pyridine rings is 1. The van der Waals surface area contributed by atoms with Gasteiger partial charge in [0.2, 0.25) is 0 Å². The molecule has 6 heteroatoms. The van der Waals surface area contributed by atoms with Crippen molar-refractivity contribution in [1.82, 2.24) is 20.0 Å². The van der Waals surface area contributed by atoms with Crippen molar-refractivity contribution in [2.45, 2.75) is 50.9 Å². The zero-order valence-corrected chi connectivity index (χ0v) is 15.6. The van der Waals surface area contributed by atoms with Gasteiger partial charge in [-0.15, -0.1) is 0 Å². The molecule has 0 radical (unpaired) electrons. The van der Waals surface area contributed by atoms with E-state index in [1.165, 1.54) is 25.0 Å². The Bertz CT molecular complexity index is 708. The van der Waals surface area contributed by atoms with E-state index in [1.807, 2.05) is 23.9 Å². The number of hydrogen-bond acceptors (Lipinski definition) is 3. The van der Waals surface area contributed by atoms with Gasteiger partial charge in [0.25, 0.3) is 0 Å². The molecule has 130 valence electrons. The van der Waals surface area contributed by atoms with Crippen molar-refractivity contribution in [3.05, 3.63) is 35.8 Å². The molecule has 2 heterocycles. The Hall–Kier alpha value is -1.69. The molecule has 0 bridgehead atoms. The van der Waals surface area contributed by atoms with Crippen molar-refractivity contribution >= 4 is 23.4 Å². The predicted octanol–water partition coefficient (Wildman–Crippen LogP) is 2.98. The second kappa shape index (κ2) is 7.92. The van der Waals surface area contributed by atoms with E-state index in [0.29, 0.717) is 12.6 Å². The molecule has 24 heavy (non-hydrogen) atoms. The third-order valence-corrected chi connectivity index (χ3v) is 5.64. The van der Waals surface area contributed by atoms with Crippen molar-refractivity contribution in [1.29, 1.82) is 0 Å². The Labute approximate surface area is 148 Å². The molecule has 1 aliphatic carbocycles. The Balaban J connectivity index is 1.67. The predicted molar refractivity (Wildman–Crippen MR) is 103 cm³/mol. The average Bonchev–Trinajstić information content (AvgIpc) is 3.20. The normalized spacial score (nSPS) is 21.4. The molecule has 0 spiro atoms. The zero-order valence-electron chi connectivity index (χ0n) is 14.7. The lowest BCUT2D eigenvalue weighted by Crippen LogP contribution is -2.42. The summed E-state index contributed by atoms with van der Waals surface area (Å²) in [7, 11) is 0. The van der Waals surface area contributed by atoms with Crippen molar-refractivity contribution in [3.8, 4) is 0 Å². The van der Waals surface area contributed by atoms with Crippen LogP contribution in [-0.4, -0.2) is 39.4 Å². The van der Waals surface area contributed by atoms with Crippen molar-refractivity contribution in [2.75, 3.05) is 12.8 Å². The van der Waals surface area contributed by atoms with Gasteiger partial charge in [-0.2, -0.15) is 11.8 Å². The number of rotatable bonds is 5. The van der Waals surface area contributed by atoms with Gasteiger partial charge in [0.1, 0.15) is 5.65 Å². The average molecular weight is 346 g/mol. The number of thioether (sulfide) groups is 1. The smallest absolute Gasteiger partial charge is 0.191 e. The molecule has 2 N–H and O–H groups in total. The van der Waals surface area contributed by atoms with E-state index in [4.69, 9.17) is 4.99 Å². The van der Waals surface area contributed by atoms with E-state index in [1.54, 1.807) is 0 Å². The molecule has 0 saturated heterocycles. The molecule has 0 aliphatic heterocycles. The van der Waals surface area contributed by atoms with Gasteiger partial charge in [0, 0.05) is 29.7 Å². The second-order valence-corrected chi connectivity index (χ2v) is 7.47. The Morgan fingerprint density at radius 3 is 3.00 bits per heavy atom. The quantitative estimate of drug-likeness (QED) is 0.646. The van der Waals surface area contributed by atoms with Gasteiger partial charge in [-0.3, -0.25) is 0 Å². The number of guanidine groups is 1. The van der Waals surface area contributed by atoms with Gasteiger partial charge in [-0.1, -0.05) is 6.07 Å². The molecule has 2 aromatic heterocycles. The van der Waals surface area contributed by atoms with Crippen LogP contribution in [0.15, 0.2) is 29.4 Å². The fourth-order valence-electron chi connectivity index (χ4n) is 3.23. The summed E-state index contributed by atoms with van der Waals surface area (Å²) in [6.07, 6.45) is 8.03. The van der Waals surface area contributed by atoms with Crippen LogP contribution in [0.25, 0.3) is 5.65 Å². The Morgan fingerprint density at radius 1 is 1.42 bits per heavy atom. The highest BCUT2D eigenvalue weighted by molar-refractivity contribution is 7.99. The van der Waals surface area contributed by atoms with E-state index in [-0.39, 0.29) is 0 Å². The van der Waals surface area contributed by atoms with Gasteiger partial charge in [0.05, 0.1) is 12.2 Å². The SMILES string of the molecule is CCNC(=NCc1cn2c(C)cccc2n1)NC1CCC(SC)C1. The number of fused-ring (bicyclic) bond motifs is 1. The van der Waals surface area contributed by atoms with E-state index in [2.05, 4.69) is 52.4 Å². The first-order valence-electron chi connectivity index (χ1n) is 8.70. The number of nitrogens with one attached hydrogen (secondary N) is 2. The van der Waals surface area contributed by atoms with Gasteiger partial charge >= 0.3 is 0 Å². The van der Waals surface area contributed by atoms with E-state index in [9.17, 15) is 0 Å². The molecule has 2 unspecified atom stereocenters. The van der Waals surface area contributed by atoms with E-state index < -0.39 is 0 Å². The maximum atomic E-state index is 4.73. The largest absolute Gasteiger partial charge is 0.357 e. The summed E-state index contributed by atoms with van der Waals surface area (Å²) in [5.74, 6) is 0.901. The maximum Gasteiger partial charge on any atom is 0.191 e. The lowest BCUT2D eigenvalue weighted by Gasteiger charge is -2.17. The zero-order chi connectivity index (χ0) is 16.9. The molecule has 2 atom stereocenters. The molecule has 1 aliphatic rings. The van der Waals surface area contributed by atoms with Crippen LogP contribution in [-0.2, 0) is 6.54 Å². The minimum atomic E-state index is 0.531. The fraction of sp³-hybridized carbons (Fsp3) is 0.556. The Kier molecular flexibility index (Phi) is 5.66. The molecule has 1 saturated carbocycles. The topological polar surface area (TPSA) is 53.7 Å². The molecular formula is C18H27N5S. The summed E-state index contributed by atoms with van der Waals surface area (Å²) in [4.78, 5) is 9.39. The minimum Gasteiger partial charge on any atom is -0.357 e. The number of aromatic nitrogens is 2. The van der Waals surface area contributed by atoms with Crippen LogP contribution < -0.4 is 10.6 Å². The van der Waals surface area contributed by atoms with Crippen LogP contribution >= 0.6 is 11.8 Å². The third kappa shape index (κ3) is 4.04. The van der Waals surface area contributed by atoms with Crippen LogP contribution in [0.5, 0.6) is 0 Å². The first kappa shape index (κ1) is 17.1. The highest BCUT2D eigenvalue weighted by Crippen LogP contribution is 2.28. The summed E-state index contributed by atoms with van der Waals surface area (Å²) in [6, 6.07) is 6.70. The maximum absolute atomic E-state index is 4.73. The molecule has 3 rings (SSSR count). The number of aryl methyl sites for hydroxylation is 1. The van der Waals surface area contributed by atoms with Gasteiger partial charge in [0.15, 0.2) is 5.96 Å². The molecule has 0 aromatic carbocycles. The summed E-state index contributed by atoms with van der Waals surface area (Å²) >= 11 is 1.98. The minimum absolute atomic E-state index is 0.531. The Morgan fingerprint density at radius 2 is 2.29 bits per heavy atom. The van der Waals surface area contributed by atoms with Crippen LogP contribution in [0.2, 0.25) is 0 Å². The summed E-state index contributed by atoms with van der Waals surface area (Å²) in [6.45, 7) is 5.66. The van der Waals surface area contributed by atoms with E-state index >= 15 is 0 Å². The summed E-state index contributed by atoms with van der Waals surface area (Å²) in [5.41, 5.74) is 3.17. The van der Waals surface area contributed by atoms with Crippen LogP contribution in [0, 0.1) is 6.92 Å². The highest BCUT2D eigenvalue weighted by atomic mass is 32.2. The standard InChI is InChI=1S/C18H27N5S/c1-4-19-18(22-14-8-9-16(10-14)24-3)20-11-15-12-23-13(2)6-5-7-17(23)21-15/h5-7,12,14,16H,4,8-11H2,1-3H3,(H2,19,20,22). The first-order chi connectivity index (χ1) is 11.7.